The molecule has 0 N–H and O–H groups in total. The molecule has 1 unspecified atom stereocenters. The van der Waals surface area contributed by atoms with E-state index in [2.05, 4.69) is 29.7 Å². The van der Waals surface area contributed by atoms with E-state index in [0.717, 1.165) is 24.0 Å². The standard InChI is InChI=1S/C11H18N2OS/c1-8-9(2)13(11(12-8)15-3)7-10-5-4-6-14-10/h10H,4-7H2,1-3H3. The lowest BCUT2D eigenvalue weighted by Gasteiger charge is -2.13. The van der Waals surface area contributed by atoms with Crippen LogP contribution >= 0.6 is 11.8 Å². The molecule has 3 nitrogen and oxygen atoms in total. The van der Waals surface area contributed by atoms with E-state index in [1.54, 1.807) is 11.8 Å². The first-order valence-corrected chi connectivity index (χ1v) is 6.64. The van der Waals surface area contributed by atoms with E-state index < -0.39 is 0 Å². The number of aryl methyl sites for hydroxylation is 1. The Morgan fingerprint density at radius 3 is 2.93 bits per heavy atom. The Kier molecular flexibility index (Phi) is 3.36. The molecular formula is C11H18N2OS. The van der Waals surface area contributed by atoms with Crippen molar-refractivity contribution in [3.63, 3.8) is 0 Å². The molecule has 1 aromatic rings. The molecule has 0 amide bonds. The highest BCUT2D eigenvalue weighted by Gasteiger charge is 2.19. The summed E-state index contributed by atoms with van der Waals surface area (Å²) < 4.78 is 7.95. The molecule has 1 fully saturated rings. The molecule has 1 saturated heterocycles. The predicted octanol–water partition coefficient (Wildman–Crippen LogP) is 2.40. The fourth-order valence-electron chi connectivity index (χ4n) is 1.99. The number of nitrogens with zero attached hydrogens (tertiary/aromatic N) is 2. The van der Waals surface area contributed by atoms with Crippen LogP contribution in [0.4, 0.5) is 0 Å². The molecule has 1 atom stereocenters. The van der Waals surface area contributed by atoms with E-state index >= 15 is 0 Å². The summed E-state index contributed by atoms with van der Waals surface area (Å²) in [6.07, 6.45) is 4.85. The van der Waals surface area contributed by atoms with Crippen LogP contribution in [0.25, 0.3) is 0 Å². The van der Waals surface area contributed by atoms with Gasteiger partial charge in [0.15, 0.2) is 5.16 Å². The molecule has 1 aliphatic rings. The van der Waals surface area contributed by atoms with Gasteiger partial charge >= 0.3 is 0 Å². The largest absolute Gasteiger partial charge is 0.376 e. The van der Waals surface area contributed by atoms with Crippen molar-refractivity contribution in [3.05, 3.63) is 11.4 Å². The molecule has 0 aliphatic carbocycles. The molecule has 0 aromatic carbocycles. The van der Waals surface area contributed by atoms with Gasteiger partial charge in [-0.3, -0.25) is 0 Å². The van der Waals surface area contributed by atoms with Gasteiger partial charge in [-0.2, -0.15) is 0 Å². The lowest BCUT2D eigenvalue weighted by atomic mass is 10.2. The van der Waals surface area contributed by atoms with Crippen LogP contribution in [0.3, 0.4) is 0 Å². The van der Waals surface area contributed by atoms with Crippen LogP contribution < -0.4 is 0 Å². The van der Waals surface area contributed by atoms with Crippen LogP contribution in [0.5, 0.6) is 0 Å². The van der Waals surface area contributed by atoms with Gasteiger partial charge in [0.25, 0.3) is 0 Å². The van der Waals surface area contributed by atoms with Gasteiger partial charge < -0.3 is 9.30 Å². The summed E-state index contributed by atoms with van der Waals surface area (Å²) in [5.74, 6) is 0. The number of ether oxygens (including phenoxy) is 1. The van der Waals surface area contributed by atoms with Crippen LogP contribution in [-0.4, -0.2) is 28.5 Å². The first kappa shape index (κ1) is 11.0. The van der Waals surface area contributed by atoms with Crippen LogP contribution in [0, 0.1) is 13.8 Å². The van der Waals surface area contributed by atoms with Crippen molar-refractivity contribution >= 4 is 11.8 Å². The molecule has 0 spiro atoms. The van der Waals surface area contributed by atoms with Crippen molar-refractivity contribution in [1.29, 1.82) is 0 Å². The average molecular weight is 226 g/mol. The van der Waals surface area contributed by atoms with Crippen LogP contribution in [0.1, 0.15) is 24.2 Å². The molecular weight excluding hydrogens is 208 g/mol. The van der Waals surface area contributed by atoms with E-state index in [1.165, 1.54) is 18.5 Å². The van der Waals surface area contributed by atoms with E-state index in [4.69, 9.17) is 4.74 Å². The first-order chi connectivity index (χ1) is 7.22. The average Bonchev–Trinajstić information content (AvgIpc) is 2.82. The fraction of sp³-hybridized carbons (Fsp3) is 0.727. The SMILES string of the molecule is CSc1nc(C)c(C)n1CC1CCCO1. The molecule has 15 heavy (non-hydrogen) atoms. The van der Waals surface area contributed by atoms with Crippen molar-refractivity contribution in [2.75, 3.05) is 12.9 Å². The van der Waals surface area contributed by atoms with Crippen LogP contribution in [-0.2, 0) is 11.3 Å². The minimum Gasteiger partial charge on any atom is -0.376 e. The van der Waals surface area contributed by atoms with Gasteiger partial charge in [0.1, 0.15) is 0 Å². The first-order valence-electron chi connectivity index (χ1n) is 5.41. The molecule has 0 radical (unpaired) electrons. The van der Waals surface area contributed by atoms with E-state index in [-0.39, 0.29) is 0 Å². The third-order valence-electron chi connectivity index (χ3n) is 3.02. The zero-order chi connectivity index (χ0) is 10.8. The summed E-state index contributed by atoms with van der Waals surface area (Å²) in [7, 11) is 0. The highest BCUT2D eigenvalue weighted by atomic mass is 32.2. The zero-order valence-electron chi connectivity index (χ0n) is 9.62. The van der Waals surface area contributed by atoms with E-state index in [0.29, 0.717) is 6.10 Å². The number of thioether (sulfide) groups is 1. The zero-order valence-corrected chi connectivity index (χ0v) is 10.4. The molecule has 0 saturated carbocycles. The summed E-state index contributed by atoms with van der Waals surface area (Å²) in [6.45, 7) is 6.09. The second-order valence-corrected chi connectivity index (χ2v) is 4.79. The van der Waals surface area contributed by atoms with Gasteiger partial charge in [-0.1, -0.05) is 11.8 Å². The van der Waals surface area contributed by atoms with Gasteiger partial charge in [0.05, 0.1) is 18.3 Å². The van der Waals surface area contributed by atoms with Gasteiger partial charge in [-0.25, -0.2) is 4.98 Å². The lowest BCUT2D eigenvalue weighted by Crippen LogP contribution is -2.16. The molecule has 2 heterocycles. The highest BCUT2D eigenvalue weighted by Crippen LogP contribution is 2.22. The summed E-state index contributed by atoms with van der Waals surface area (Å²) in [5, 5.41) is 1.11. The number of imidazole rings is 1. The molecule has 0 bridgehead atoms. The maximum Gasteiger partial charge on any atom is 0.168 e. The normalized spacial score (nSPS) is 21.1. The Labute approximate surface area is 95.2 Å². The number of hydrogen-bond acceptors (Lipinski definition) is 3. The third kappa shape index (κ3) is 2.21. The molecule has 1 aliphatic heterocycles. The van der Waals surface area contributed by atoms with Crippen molar-refractivity contribution in [2.45, 2.75) is 44.5 Å². The van der Waals surface area contributed by atoms with Crippen LogP contribution in [0.2, 0.25) is 0 Å². The Morgan fingerprint density at radius 1 is 1.53 bits per heavy atom. The minimum atomic E-state index is 0.392. The number of aromatic nitrogens is 2. The number of rotatable bonds is 3. The van der Waals surface area contributed by atoms with Gasteiger partial charge in [-0.05, 0) is 32.9 Å². The van der Waals surface area contributed by atoms with Gasteiger partial charge in [-0.15, -0.1) is 0 Å². The van der Waals surface area contributed by atoms with Crippen molar-refractivity contribution < 1.29 is 4.74 Å². The molecule has 1 aromatic heterocycles. The summed E-state index contributed by atoms with van der Waals surface area (Å²) in [6, 6.07) is 0. The Balaban J connectivity index is 2.17. The molecule has 4 heteroatoms. The monoisotopic (exact) mass is 226 g/mol. The maximum absolute atomic E-state index is 5.66. The third-order valence-corrected chi connectivity index (χ3v) is 3.69. The van der Waals surface area contributed by atoms with Crippen LogP contribution in [0.15, 0.2) is 5.16 Å². The smallest absolute Gasteiger partial charge is 0.168 e. The minimum absolute atomic E-state index is 0.392. The van der Waals surface area contributed by atoms with E-state index in [1.807, 2.05) is 0 Å². The van der Waals surface area contributed by atoms with Crippen molar-refractivity contribution in [2.24, 2.45) is 0 Å². The Bertz CT molecular complexity index is 343. The second kappa shape index (κ2) is 4.58. The Morgan fingerprint density at radius 2 is 2.33 bits per heavy atom. The lowest BCUT2D eigenvalue weighted by molar-refractivity contribution is 0.0945. The van der Waals surface area contributed by atoms with E-state index in [9.17, 15) is 0 Å². The van der Waals surface area contributed by atoms with Gasteiger partial charge in [0, 0.05) is 12.3 Å². The maximum atomic E-state index is 5.66. The topological polar surface area (TPSA) is 27.1 Å². The summed E-state index contributed by atoms with van der Waals surface area (Å²) in [5.41, 5.74) is 2.41. The summed E-state index contributed by atoms with van der Waals surface area (Å²) in [4.78, 5) is 4.54. The number of hydrogen-bond donors (Lipinski definition) is 0. The predicted molar refractivity (Wildman–Crippen MR) is 62.5 cm³/mol. The molecule has 84 valence electrons. The quantitative estimate of drug-likeness (QED) is 0.741. The van der Waals surface area contributed by atoms with Crippen molar-refractivity contribution in [1.82, 2.24) is 9.55 Å². The fourth-order valence-corrected chi connectivity index (χ4v) is 2.65. The van der Waals surface area contributed by atoms with Crippen molar-refractivity contribution in [3.8, 4) is 0 Å². The van der Waals surface area contributed by atoms with Gasteiger partial charge in [0.2, 0.25) is 0 Å². The Hall–Kier alpha value is -0.480. The molecule has 2 rings (SSSR count). The second-order valence-electron chi connectivity index (χ2n) is 4.01. The summed E-state index contributed by atoms with van der Waals surface area (Å²) >= 11 is 1.71. The highest BCUT2D eigenvalue weighted by molar-refractivity contribution is 7.98.